The summed E-state index contributed by atoms with van der Waals surface area (Å²) in [4.78, 5) is 0. The molecule has 72 valence electrons. The van der Waals surface area contributed by atoms with E-state index in [9.17, 15) is 5.11 Å². The van der Waals surface area contributed by atoms with Crippen molar-refractivity contribution >= 4 is 11.6 Å². The Balaban J connectivity index is 3.09. The minimum absolute atomic E-state index is 0.171. The first-order valence-corrected chi connectivity index (χ1v) is 4.77. The second-order valence-corrected chi connectivity index (χ2v) is 3.38. The summed E-state index contributed by atoms with van der Waals surface area (Å²) < 4.78 is 0. The van der Waals surface area contributed by atoms with Gasteiger partial charge in [-0.05, 0) is 36.6 Å². The molecule has 0 aromatic heterocycles. The molecule has 0 saturated heterocycles. The van der Waals surface area contributed by atoms with Gasteiger partial charge in [-0.2, -0.15) is 0 Å². The first-order valence-electron chi connectivity index (χ1n) is 4.39. The van der Waals surface area contributed by atoms with Gasteiger partial charge in [0.2, 0.25) is 0 Å². The first-order chi connectivity index (χ1) is 6.19. The Kier molecular flexibility index (Phi) is 3.58. The van der Waals surface area contributed by atoms with E-state index in [2.05, 4.69) is 6.92 Å². The minimum atomic E-state index is 0.171. The van der Waals surface area contributed by atoms with Crippen LogP contribution in [0, 0.1) is 0 Å². The van der Waals surface area contributed by atoms with Crippen molar-refractivity contribution in [3.63, 3.8) is 0 Å². The maximum absolute atomic E-state index is 9.56. The molecule has 0 heterocycles. The summed E-state index contributed by atoms with van der Waals surface area (Å²) in [5.74, 6) is 0.171. The zero-order valence-electron chi connectivity index (χ0n) is 7.68. The van der Waals surface area contributed by atoms with Gasteiger partial charge in [-0.25, -0.2) is 0 Å². The molecule has 0 spiro atoms. The van der Waals surface area contributed by atoms with Crippen molar-refractivity contribution in [3.05, 3.63) is 28.3 Å². The lowest BCUT2D eigenvalue weighted by atomic mass is 10.1. The van der Waals surface area contributed by atoms with E-state index in [0.29, 0.717) is 18.0 Å². The number of aromatic hydroxyl groups is 1. The van der Waals surface area contributed by atoms with Gasteiger partial charge in [-0.3, -0.25) is 0 Å². The molecule has 0 radical (unpaired) electrons. The molecule has 0 saturated carbocycles. The van der Waals surface area contributed by atoms with Crippen LogP contribution in [0.5, 0.6) is 5.75 Å². The Morgan fingerprint density at radius 2 is 2.15 bits per heavy atom. The molecule has 0 fully saturated rings. The van der Waals surface area contributed by atoms with E-state index in [1.54, 1.807) is 6.07 Å². The fourth-order valence-corrected chi connectivity index (χ4v) is 1.53. The van der Waals surface area contributed by atoms with Gasteiger partial charge in [0, 0.05) is 0 Å². The third-order valence-corrected chi connectivity index (χ3v) is 2.31. The number of halogens is 1. The zero-order valence-corrected chi connectivity index (χ0v) is 8.43. The van der Waals surface area contributed by atoms with E-state index in [-0.39, 0.29) is 5.75 Å². The zero-order chi connectivity index (χ0) is 9.84. The molecule has 0 aliphatic heterocycles. The molecule has 0 atom stereocenters. The molecule has 1 rings (SSSR count). The Hall–Kier alpha value is -0.730. The van der Waals surface area contributed by atoms with E-state index in [1.807, 2.05) is 6.07 Å². The van der Waals surface area contributed by atoms with Crippen molar-refractivity contribution in [2.45, 2.75) is 19.8 Å². The summed E-state index contributed by atoms with van der Waals surface area (Å²) in [7, 11) is 0. The highest BCUT2D eigenvalue weighted by Crippen LogP contribution is 2.29. The maximum Gasteiger partial charge on any atom is 0.137 e. The molecule has 0 bridgehead atoms. The Bertz CT molecular complexity index is 299. The number of phenols is 1. The number of aryl methyl sites for hydroxylation is 1. The minimum Gasteiger partial charge on any atom is -0.506 e. The summed E-state index contributed by atoms with van der Waals surface area (Å²) in [6.45, 7) is 2.58. The van der Waals surface area contributed by atoms with Crippen LogP contribution in [-0.2, 0) is 12.8 Å². The Labute approximate surface area is 83.3 Å². The topological polar surface area (TPSA) is 46.2 Å². The lowest BCUT2D eigenvalue weighted by molar-refractivity contribution is 0.468. The molecule has 2 nitrogen and oxygen atoms in total. The number of benzene rings is 1. The van der Waals surface area contributed by atoms with Crippen LogP contribution in [0.25, 0.3) is 0 Å². The van der Waals surface area contributed by atoms with Gasteiger partial charge in [0.25, 0.3) is 0 Å². The number of phenolic OH excluding ortho intramolecular Hbond substituents is 1. The SMILES string of the molecule is CCc1cc(Cl)c(O)c(CCN)c1. The van der Waals surface area contributed by atoms with Crippen LogP contribution in [0.1, 0.15) is 18.1 Å². The van der Waals surface area contributed by atoms with Crippen molar-refractivity contribution in [2.24, 2.45) is 5.73 Å². The highest BCUT2D eigenvalue weighted by Gasteiger charge is 2.06. The van der Waals surface area contributed by atoms with Crippen LogP contribution in [0.4, 0.5) is 0 Å². The Morgan fingerprint density at radius 3 is 2.69 bits per heavy atom. The van der Waals surface area contributed by atoms with Gasteiger partial charge in [-0.1, -0.05) is 24.6 Å². The van der Waals surface area contributed by atoms with Crippen LogP contribution in [0.3, 0.4) is 0 Å². The molecular formula is C10H14ClNO. The maximum atomic E-state index is 9.56. The summed E-state index contributed by atoms with van der Waals surface area (Å²) in [5.41, 5.74) is 7.39. The van der Waals surface area contributed by atoms with Gasteiger partial charge in [-0.15, -0.1) is 0 Å². The Morgan fingerprint density at radius 1 is 1.46 bits per heavy atom. The van der Waals surface area contributed by atoms with Crippen LogP contribution < -0.4 is 5.73 Å². The van der Waals surface area contributed by atoms with Crippen LogP contribution in [0.2, 0.25) is 5.02 Å². The first kappa shape index (κ1) is 10.4. The average molecular weight is 200 g/mol. The highest BCUT2D eigenvalue weighted by molar-refractivity contribution is 6.32. The standard InChI is InChI=1S/C10H14ClNO/c1-2-7-5-8(3-4-12)10(13)9(11)6-7/h5-6,13H,2-4,12H2,1H3. The molecule has 3 N–H and O–H groups in total. The van der Waals surface area contributed by atoms with Gasteiger partial charge in [0.15, 0.2) is 0 Å². The summed E-state index contributed by atoms with van der Waals surface area (Å²) in [5, 5.41) is 9.98. The molecule has 0 aliphatic carbocycles. The summed E-state index contributed by atoms with van der Waals surface area (Å²) in [6, 6.07) is 3.74. The fraction of sp³-hybridized carbons (Fsp3) is 0.400. The molecule has 1 aromatic rings. The molecule has 13 heavy (non-hydrogen) atoms. The van der Waals surface area contributed by atoms with Crippen molar-refractivity contribution < 1.29 is 5.11 Å². The molecule has 1 aromatic carbocycles. The largest absolute Gasteiger partial charge is 0.506 e. The lowest BCUT2D eigenvalue weighted by Gasteiger charge is -2.07. The van der Waals surface area contributed by atoms with Gasteiger partial charge in [0.1, 0.15) is 5.75 Å². The summed E-state index contributed by atoms with van der Waals surface area (Å²) in [6.07, 6.45) is 1.58. The predicted molar refractivity (Wildman–Crippen MR) is 55.3 cm³/mol. The average Bonchev–Trinajstić information content (AvgIpc) is 2.13. The van der Waals surface area contributed by atoms with E-state index in [1.165, 1.54) is 0 Å². The number of nitrogens with two attached hydrogens (primary N) is 1. The quantitative estimate of drug-likeness (QED) is 0.784. The van der Waals surface area contributed by atoms with E-state index in [4.69, 9.17) is 17.3 Å². The van der Waals surface area contributed by atoms with Crippen molar-refractivity contribution in [3.8, 4) is 5.75 Å². The van der Waals surface area contributed by atoms with Crippen LogP contribution in [0.15, 0.2) is 12.1 Å². The van der Waals surface area contributed by atoms with E-state index >= 15 is 0 Å². The second-order valence-electron chi connectivity index (χ2n) is 2.98. The molecular weight excluding hydrogens is 186 g/mol. The van der Waals surface area contributed by atoms with E-state index < -0.39 is 0 Å². The molecule has 0 aliphatic rings. The highest BCUT2D eigenvalue weighted by atomic mass is 35.5. The normalized spacial score (nSPS) is 10.4. The van der Waals surface area contributed by atoms with Crippen LogP contribution >= 0.6 is 11.6 Å². The third kappa shape index (κ3) is 2.36. The van der Waals surface area contributed by atoms with E-state index in [0.717, 1.165) is 17.5 Å². The fourth-order valence-electron chi connectivity index (χ4n) is 1.27. The molecule has 0 unspecified atom stereocenters. The monoisotopic (exact) mass is 199 g/mol. The third-order valence-electron chi connectivity index (χ3n) is 2.02. The van der Waals surface area contributed by atoms with Crippen molar-refractivity contribution in [1.82, 2.24) is 0 Å². The predicted octanol–water partition coefficient (Wildman–Crippen LogP) is 2.11. The lowest BCUT2D eigenvalue weighted by Crippen LogP contribution is -2.03. The number of hydrogen-bond donors (Lipinski definition) is 2. The van der Waals surface area contributed by atoms with Gasteiger partial charge in [0.05, 0.1) is 5.02 Å². The van der Waals surface area contributed by atoms with Gasteiger partial charge >= 0.3 is 0 Å². The van der Waals surface area contributed by atoms with Crippen molar-refractivity contribution in [2.75, 3.05) is 6.54 Å². The van der Waals surface area contributed by atoms with Crippen LogP contribution in [-0.4, -0.2) is 11.7 Å². The van der Waals surface area contributed by atoms with Crippen molar-refractivity contribution in [1.29, 1.82) is 0 Å². The van der Waals surface area contributed by atoms with Gasteiger partial charge < -0.3 is 10.8 Å². The second kappa shape index (κ2) is 4.49. The number of rotatable bonds is 3. The molecule has 0 amide bonds. The smallest absolute Gasteiger partial charge is 0.137 e. The summed E-state index contributed by atoms with van der Waals surface area (Å²) >= 11 is 5.84. The number of hydrogen-bond acceptors (Lipinski definition) is 2. The molecule has 3 heteroatoms.